The molecule has 292 valence electrons. The topological polar surface area (TPSA) is 299 Å². The van der Waals surface area contributed by atoms with Crippen molar-refractivity contribution in [2.45, 2.75) is 75.7 Å². The van der Waals surface area contributed by atoms with Gasteiger partial charge in [0.05, 0.1) is 18.2 Å². The number of phenolic OH excluding ortho intramolecular Hbond substituents is 1. The fourth-order valence-corrected chi connectivity index (χ4v) is 5.44. The number of phenols is 1. The number of carboxylic acids is 1. The lowest BCUT2D eigenvalue weighted by molar-refractivity contribution is -0.142. The molecule has 19 heteroatoms. The maximum atomic E-state index is 13.9. The number of aromatic hydroxyl groups is 1. The summed E-state index contributed by atoms with van der Waals surface area (Å²) in [6.45, 7) is 1.68. The van der Waals surface area contributed by atoms with Gasteiger partial charge in [0, 0.05) is 55.4 Å². The molecule has 0 fully saturated rings. The van der Waals surface area contributed by atoms with Crippen LogP contribution in [0.2, 0.25) is 0 Å². The summed E-state index contributed by atoms with van der Waals surface area (Å²) >= 11 is 0. The smallest absolute Gasteiger partial charge is 0.326 e. The molecular weight excluding hydrogens is 714 g/mol. The van der Waals surface area contributed by atoms with Gasteiger partial charge in [-0.15, -0.1) is 0 Å². The van der Waals surface area contributed by atoms with E-state index in [-0.39, 0.29) is 37.0 Å². The summed E-state index contributed by atoms with van der Waals surface area (Å²) in [5.74, 6) is -4.84. The second-order valence-corrected chi connectivity index (χ2v) is 12.7. The molecule has 0 aliphatic heterocycles. The van der Waals surface area contributed by atoms with Crippen LogP contribution >= 0.6 is 0 Å². The second kappa shape index (κ2) is 20.6. The van der Waals surface area contributed by atoms with E-state index >= 15 is 0 Å². The predicted octanol–water partition coefficient (Wildman–Crippen LogP) is -0.767. The number of nitrogens with one attached hydrogen (secondary N) is 7. The third-order valence-corrected chi connectivity index (χ3v) is 8.46. The van der Waals surface area contributed by atoms with Crippen molar-refractivity contribution in [3.8, 4) is 5.75 Å². The number of carboxylic acid groups (broad SMARTS) is 1. The van der Waals surface area contributed by atoms with Gasteiger partial charge in [0.15, 0.2) is 0 Å². The van der Waals surface area contributed by atoms with Crippen LogP contribution in [0.1, 0.15) is 53.5 Å². The predicted molar refractivity (Wildman–Crippen MR) is 196 cm³/mol. The molecule has 0 spiro atoms. The number of hydrogen-bond acceptors (Lipinski definition) is 11. The Hall–Kier alpha value is -6.63. The molecular formula is C36H45N11O8. The van der Waals surface area contributed by atoms with Gasteiger partial charge in [-0.3, -0.25) is 29.0 Å². The van der Waals surface area contributed by atoms with E-state index in [4.69, 9.17) is 5.73 Å². The molecule has 19 nitrogen and oxygen atoms in total. The van der Waals surface area contributed by atoms with E-state index in [1.165, 1.54) is 62.6 Å². The first-order chi connectivity index (χ1) is 26.4. The molecule has 3 heterocycles. The fraction of sp³-hybridized carbons (Fsp3) is 0.361. The molecule has 5 amide bonds. The number of amides is 5. The quantitative estimate of drug-likeness (QED) is 0.0469. The third-order valence-electron chi connectivity index (χ3n) is 8.46. The minimum absolute atomic E-state index is 0.00465. The number of aromatic nitrogens is 5. The number of imidazole rings is 2. The van der Waals surface area contributed by atoms with Crippen molar-refractivity contribution in [2.24, 2.45) is 5.73 Å². The number of carbonyl (C=O) groups excluding carboxylic acids is 5. The van der Waals surface area contributed by atoms with Gasteiger partial charge in [0.1, 0.15) is 36.0 Å². The normalized spacial score (nSPS) is 13.6. The zero-order valence-corrected chi connectivity index (χ0v) is 30.0. The molecule has 1 aromatic carbocycles. The third kappa shape index (κ3) is 13.1. The van der Waals surface area contributed by atoms with E-state index in [9.17, 15) is 39.0 Å². The minimum atomic E-state index is -1.32. The monoisotopic (exact) mass is 759 g/mol. The Kier molecular flexibility index (Phi) is 15.4. The SMILES string of the molecule is C[C@H](NC(=O)[C@H](Cc1cnc[nH]1)NC(=O)[C@H](CCCCN)NC(=O)[C@H](Cc1ccc(O)cc1)NC(=O)c1cccnc1)C(=O)N[C@@H](Cc1cnc[nH]1)C(=O)O. The Bertz CT molecular complexity index is 1860. The number of pyridine rings is 1. The van der Waals surface area contributed by atoms with E-state index in [0.717, 1.165) is 0 Å². The van der Waals surface area contributed by atoms with Crippen LogP contribution in [0.25, 0.3) is 0 Å². The van der Waals surface area contributed by atoms with Crippen molar-refractivity contribution in [2.75, 3.05) is 6.54 Å². The van der Waals surface area contributed by atoms with Crippen LogP contribution in [0.3, 0.4) is 0 Å². The highest BCUT2D eigenvalue weighted by Crippen LogP contribution is 2.13. The molecule has 0 saturated heterocycles. The molecule has 0 saturated carbocycles. The summed E-state index contributed by atoms with van der Waals surface area (Å²) in [4.78, 5) is 96.9. The minimum Gasteiger partial charge on any atom is -0.508 e. The lowest BCUT2D eigenvalue weighted by atomic mass is 10.0. The number of nitrogens with two attached hydrogens (primary N) is 1. The van der Waals surface area contributed by atoms with Crippen molar-refractivity contribution >= 4 is 35.5 Å². The van der Waals surface area contributed by atoms with Gasteiger partial charge < -0.3 is 52.5 Å². The summed E-state index contributed by atoms with van der Waals surface area (Å²) in [5.41, 5.74) is 7.46. The van der Waals surface area contributed by atoms with Crippen molar-refractivity contribution in [3.63, 3.8) is 0 Å². The fourth-order valence-electron chi connectivity index (χ4n) is 5.44. The number of unbranched alkanes of at least 4 members (excludes halogenated alkanes) is 1. The molecule has 3 aromatic heterocycles. The highest BCUT2D eigenvalue weighted by molar-refractivity contribution is 5.99. The van der Waals surface area contributed by atoms with Crippen LogP contribution < -0.4 is 32.3 Å². The molecule has 4 rings (SSSR count). The first-order valence-corrected chi connectivity index (χ1v) is 17.5. The zero-order chi connectivity index (χ0) is 39.7. The molecule has 0 radical (unpaired) electrons. The van der Waals surface area contributed by atoms with E-state index in [2.05, 4.69) is 51.5 Å². The van der Waals surface area contributed by atoms with Crippen LogP contribution in [-0.2, 0) is 43.2 Å². The highest BCUT2D eigenvalue weighted by Gasteiger charge is 2.32. The summed E-state index contributed by atoms with van der Waals surface area (Å²) in [7, 11) is 0. The van der Waals surface area contributed by atoms with Crippen LogP contribution in [0.5, 0.6) is 5.75 Å². The van der Waals surface area contributed by atoms with E-state index in [1.807, 2.05) is 0 Å². The number of hydrogen-bond donors (Lipinski definition) is 10. The van der Waals surface area contributed by atoms with Crippen molar-refractivity contribution in [3.05, 3.63) is 96.4 Å². The average molecular weight is 760 g/mol. The first-order valence-electron chi connectivity index (χ1n) is 17.5. The van der Waals surface area contributed by atoms with E-state index < -0.39 is 65.7 Å². The summed E-state index contributed by atoms with van der Waals surface area (Å²) in [6.07, 6.45) is 9.39. The number of aromatic amines is 2. The number of H-pyrrole nitrogens is 2. The number of rotatable bonds is 21. The summed E-state index contributed by atoms with van der Waals surface area (Å²) in [6, 6.07) is 2.99. The highest BCUT2D eigenvalue weighted by atomic mass is 16.4. The van der Waals surface area contributed by atoms with Gasteiger partial charge in [0.25, 0.3) is 5.91 Å². The number of benzene rings is 1. The van der Waals surface area contributed by atoms with Crippen LogP contribution in [0.4, 0.5) is 0 Å². The van der Waals surface area contributed by atoms with Gasteiger partial charge in [-0.2, -0.15) is 0 Å². The first kappa shape index (κ1) is 41.1. The van der Waals surface area contributed by atoms with Gasteiger partial charge in [-0.25, -0.2) is 14.8 Å². The Morgan fingerprint density at radius 1 is 0.691 bits per heavy atom. The van der Waals surface area contributed by atoms with Crippen LogP contribution in [0, 0.1) is 0 Å². The summed E-state index contributed by atoms with van der Waals surface area (Å²) < 4.78 is 0. The van der Waals surface area contributed by atoms with Gasteiger partial charge in [-0.05, 0) is 62.6 Å². The second-order valence-electron chi connectivity index (χ2n) is 12.7. The van der Waals surface area contributed by atoms with Crippen molar-refractivity contribution in [1.29, 1.82) is 0 Å². The van der Waals surface area contributed by atoms with Gasteiger partial charge in [-0.1, -0.05) is 12.1 Å². The van der Waals surface area contributed by atoms with Crippen molar-refractivity contribution < 1.29 is 39.0 Å². The lowest BCUT2D eigenvalue weighted by Gasteiger charge is -2.26. The lowest BCUT2D eigenvalue weighted by Crippen LogP contribution is -2.59. The Morgan fingerprint density at radius 2 is 1.27 bits per heavy atom. The van der Waals surface area contributed by atoms with Gasteiger partial charge >= 0.3 is 5.97 Å². The Morgan fingerprint density at radius 3 is 1.85 bits per heavy atom. The number of nitrogens with zero attached hydrogens (tertiary/aromatic N) is 3. The van der Waals surface area contributed by atoms with Gasteiger partial charge in [0.2, 0.25) is 23.6 Å². The molecule has 55 heavy (non-hydrogen) atoms. The largest absolute Gasteiger partial charge is 0.508 e. The van der Waals surface area contributed by atoms with Crippen molar-refractivity contribution in [1.82, 2.24) is 51.5 Å². The maximum Gasteiger partial charge on any atom is 0.326 e. The zero-order valence-electron chi connectivity index (χ0n) is 30.0. The molecule has 11 N–H and O–H groups in total. The Balaban J connectivity index is 1.50. The van der Waals surface area contributed by atoms with Crippen LogP contribution in [-0.4, -0.2) is 107 Å². The molecule has 0 aliphatic rings. The Labute approximate surface area is 315 Å². The number of aliphatic carboxylic acids is 1. The summed E-state index contributed by atoms with van der Waals surface area (Å²) in [5, 5.41) is 32.4. The average Bonchev–Trinajstić information content (AvgIpc) is 3.89. The standard InChI is InChI=1S/C36H45N11O8/c1-21(31(49)47-30(36(54)55)15-25-18-40-20-42-25)43-34(52)29(14-24-17-39-19-41-24)46-33(51)27(6-2-3-11-37)44-35(53)28(13-22-7-9-26(48)10-8-22)45-32(50)23-5-4-12-38-16-23/h4-5,7-10,12,16-21,27-30,48H,2-3,6,11,13-15,37H2,1H3,(H,39,41)(H,40,42)(H,43,52)(H,44,53)(H,45,50)(H,46,51)(H,47,49)(H,54,55)/t21-,27-,28-,29-,30-/m0/s1. The molecule has 4 aromatic rings. The van der Waals surface area contributed by atoms with E-state index in [0.29, 0.717) is 36.3 Å². The molecule has 0 bridgehead atoms. The van der Waals surface area contributed by atoms with E-state index in [1.54, 1.807) is 18.2 Å². The maximum absolute atomic E-state index is 13.9. The number of carbonyl (C=O) groups is 6. The molecule has 5 atom stereocenters. The van der Waals surface area contributed by atoms with Crippen LogP contribution in [0.15, 0.2) is 73.8 Å². The molecule has 0 aliphatic carbocycles. The molecule has 0 unspecified atom stereocenters.